The van der Waals surface area contributed by atoms with Crippen LogP contribution in [0.2, 0.25) is 0 Å². The Labute approximate surface area is 124 Å². The molecular weight excluding hydrogens is 295 g/mol. The molecular formula is C14H19FN2O3S. The second kappa shape index (κ2) is 5.73. The minimum Gasteiger partial charge on any atom is -0.317 e. The van der Waals surface area contributed by atoms with Gasteiger partial charge in [-0.1, -0.05) is 0 Å². The highest BCUT2D eigenvalue weighted by atomic mass is 32.2. The van der Waals surface area contributed by atoms with E-state index in [1.807, 2.05) is 0 Å². The summed E-state index contributed by atoms with van der Waals surface area (Å²) in [6, 6.07) is 5.41. The molecule has 21 heavy (non-hydrogen) atoms. The zero-order valence-corrected chi connectivity index (χ0v) is 12.9. The number of hydrogen-bond donors (Lipinski definition) is 1. The number of hydrogen-bond acceptors (Lipinski definition) is 4. The molecule has 0 atom stereocenters. The van der Waals surface area contributed by atoms with E-state index in [0.717, 1.165) is 6.26 Å². The number of nitrogens with one attached hydrogen (secondary N) is 1. The fourth-order valence-corrected chi connectivity index (χ4v) is 4.06. The third kappa shape index (κ3) is 2.94. The Morgan fingerprint density at radius 3 is 2.24 bits per heavy atom. The van der Waals surface area contributed by atoms with E-state index in [4.69, 9.17) is 0 Å². The van der Waals surface area contributed by atoms with Crippen LogP contribution in [0.15, 0.2) is 24.3 Å². The summed E-state index contributed by atoms with van der Waals surface area (Å²) in [5, 5.41) is 3.07. The summed E-state index contributed by atoms with van der Waals surface area (Å²) in [5.41, 5.74) is 0.475. The fraction of sp³-hybridized carbons (Fsp3) is 0.500. The van der Waals surface area contributed by atoms with Crippen LogP contribution >= 0.6 is 0 Å². The van der Waals surface area contributed by atoms with E-state index >= 15 is 0 Å². The van der Waals surface area contributed by atoms with Crippen molar-refractivity contribution in [1.29, 1.82) is 0 Å². The summed E-state index contributed by atoms with van der Waals surface area (Å²) < 4.78 is 36.0. The van der Waals surface area contributed by atoms with Gasteiger partial charge in [0.1, 0.15) is 5.82 Å². The van der Waals surface area contributed by atoms with Gasteiger partial charge in [0.2, 0.25) is 5.91 Å². The van der Waals surface area contributed by atoms with Crippen LogP contribution in [0.1, 0.15) is 12.8 Å². The molecule has 1 amide bonds. The van der Waals surface area contributed by atoms with Crippen LogP contribution in [0.5, 0.6) is 0 Å². The van der Waals surface area contributed by atoms with Crippen molar-refractivity contribution < 1.29 is 17.6 Å². The van der Waals surface area contributed by atoms with Gasteiger partial charge in [-0.3, -0.25) is 4.79 Å². The lowest BCUT2D eigenvalue weighted by Gasteiger charge is -2.37. The molecule has 1 saturated heterocycles. The van der Waals surface area contributed by atoms with Crippen molar-refractivity contribution in [1.82, 2.24) is 5.32 Å². The molecule has 0 aliphatic carbocycles. The first-order chi connectivity index (χ1) is 9.78. The number of piperidine rings is 1. The number of carbonyl (C=O) groups is 1. The topological polar surface area (TPSA) is 66.5 Å². The Morgan fingerprint density at radius 1 is 1.24 bits per heavy atom. The highest BCUT2D eigenvalue weighted by Crippen LogP contribution is 2.31. The molecule has 1 aliphatic rings. The fourth-order valence-electron chi connectivity index (χ4n) is 2.66. The molecule has 2 rings (SSSR count). The molecule has 0 unspecified atom stereocenters. The molecule has 5 nitrogen and oxygen atoms in total. The second-order valence-corrected chi connectivity index (χ2v) is 7.68. The normalized spacial score (nSPS) is 18.2. The molecule has 0 bridgehead atoms. The van der Waals surface area contributed by atoms with Gasteiger partial charge in [-0.15, -0.1) is 0 Å². The predicted octanol–water partition coefficient (Wildman–Crippen LogP) is 0.955. The smallest absolute Gasteiger partial charge is 0.248 e. The number of sulfone groups is 1. The van der Waals surface area contributed by atoms with Crippen molar-refractivity contribution in [3.63, 3.8) is 0 Å². The standard InChI is InChI=1S/C14H19FN2O3S/c1-17(12-5-3-11(15)4-6-12)13(18)14(21(2,19)20)7-9-16-10-8-14/h3-6,16H,7-10H2,1-2H3. The van der Waals surface area contributed by atoms with Crippen LogP contribution in [0, 0.1) is 5.82 Å². The first-order valence-corrected chi connectivity index (χ1v) is 8.61. The van der Waals surface area contributed by atoms with Crippen molar-refractivity contribution in [2.75, 3.05) is 31.3 Å². The third-order valence-electron chi connectivity index (χ3n) is 4.03. The Bertz CT molecular complexity index is 622. The van der Waals surface area contributed by atoms with Gasteiger partial charge in [0.15, 0.2) is 14.6 Å². The molecule has 1 N–H and O–H groups in total. The van der Waals surface area contributed by atoms with Crippen LogP contribution in [-0.2, 0) is 14.6 Å². The average Bonchev–Trinajstić information content (AvgIpc) is 2.46. The van der Waals surface area contributed by atoms with Crippen LogP contribution in [0.25, 0.3) is 0 Å². The Hall–Kier alpha value is -1.47. The molecule has 1 aliphatic heterocycles. The van der Waals surface area contributed by atoms with E-state index in [1.54, 1.807) is 0 Å². The first kappa shape index (κ1) is 15.9. The Morgan fingerprint density at radius 2 is 1.76 bits per heavy atom. The van der Waals surface area contributed by atoms with E-state index in [-0.39, 0.29) is 12.8 Å². The van der Waals surface area contributed by atoms with Gasteiger partial charge in [-0.25, -0.2) is 12.8 Å². The summed E-state index contributed by atoms with van der Waals surface area (Å²) in [7, 11) is -2.03. The average molecular weight is 314 g/mol. The number of amides is 1. The highest BCUT2D eigenvalue weighted by Gasteiger charge is 2.50. The minimum atomic E-state index is -3.55. The molecule has 1 heterocycles. The largest absolute Gasteiger partial charge is 0.317 e. The van der Waals surface area contributed by atoms with Crippen LogP contribution in [0.4, 0.5) is 10.1 Å². The van der Waals surface area contributed by atoms with E-state index in [1.165, 1.54) is 36.2 Å². The number of carbonyl (C=O) groups excluding carboxylic acids is 1. The summed E-state index contributed by atoms with van der Waals surface area (Å²) in [6.07, 6.45) is 1.60. The molecule has 0 radical (unpaired) electrons. The maximum atomic E-state index is 13.0. The lowest BCUT2D eigenvalue weighted by Crippen LogP contribution is -2.57. The summed E-state index contributed by atoms with van der Waals surface area (Å²) in [4.78, 5) is 14.1. The van der Waals surface area contributed by atoms with Gasteiger partial charge < -0.3 is 10.2 Å². The van der Waals surface area contributed by atoms with Crippen molar-refractivity contribution in [2.24, 2.45) is 0 Å². The predicted molar refractivity (Wildman–Crippen MR) is 79.5 cm³/mol. The quantitative estimate of drug-likeness (QED) is 0.902. The van der Waals surface area contributed by atoms with Gasteiger partial charge in [-0.05, 0) is 50.2 Å². The van der Waals surface area contributed by atoms with Crippen molar-refractivity contribution in [3.05, 3.63) is 30.1 Å². The molecule has 0 spiro atoms. The van der Waals surface area contributed by atoms with Crippen molar-refractivity contribution in [2.45, 2.75) is 17.6 Å². The first-order valence-electron chi connectivity index (χ1n) is 6.72. The minimum absolute atomic E-state index is 0.246. The summed E-state index contributed by atoms with van der Waals surface area (Å²) in [5.74, 6) is -0.864. The van der Waals surface area contributed by atoms with Gasteiger partial charge in [0.05, 0.1) is 0 Å². The number of nitrogens with zero attached hydrogens (tertiary/aromatic N) is 1. The van der Waals surface area contributed by atoms with E-state index in [0.29, 0.717) is 18.8 Å². The lowest BCUT2D eigenvalue weighted by atomic mass is 9.95. The maximum Gasteiger partial charge on any atom is 0.248 e. The van der Waals surface area contributed by atoms with E-state index in [2.05, 4.69) is 5.32 Å². The highest BCUT2D eigenvalue weighted by molar-refractivity contribution is 7.92. The van der Waals surface area contributed by atoms with Crippen LogP contribution in [0.3, 0.4) is 0 Å². The Balaban J connectivity index is 2.37. The van der Waals surface area contributed by atoms with E-state index < -0.39 is 26.3 Å². The van der Waals surface area contributed by atoms with E-state index in [9.17, 15) is 17.6 Å². The van der Waals surface area contributed by atoms with Crippen molar-refractivity contribution in [3.8, 4) is 0 Å². The van der Waals surface area contributed by atoms with Crippen LogP contribution in [-0.4, -0.2) is 45.5 Å². The molecule has 0 aromatic heterocycles. The summed E-state index contributed by atoms with van der Waals surface area (Å²) in [6.45, 7) is 0.964. The zero-order chi connectivity index (χ0) is 15.7. The Kier molecular flexibility index (Phi) is 4.34. The zero-order valence-electron chi connectivity index (χ0n) is 12.1. The lowest BCUT2D eigenvalue weighted by molar-refractivity contribution is -0.121. The summed E-state index contributed by atoms with van der Waals surface area (Å²) >= 11 is 0. The molecule has 1 fully saturated rings. The van der Waals surface area contributed by atoms with Gasteiger partial charge in [0, 0.05) is 19.0 Å². The SMILES string of the molecule is CN(C(=O)C1(S(C)(=O)=O)CCNCC1)c1ccc(F)cc1. The van der Waals surface area contributed by atoms with Crippen LogP contribution < -0.4 is 10.2 Å². The van der Waals surface area contributed by atoms with Gasteiger partial charge in [-0.2, -0.15) is 0 Å². The molecule has 0 saturated carbocycles. The number of benzene rings is 1. The number of halogens is 1. The van der Waals surface area contributed by atoms with Crippen molar-refractivity contribution >= 4 is 21.4 Å². The van der Waals surface area contributed by atoms with Gasteiger partial charge >= 0.3 is 0 Å². The second-order valence-electron chi connectivity index (χ2n) is 5.36. The molecule has 1 aromatic rings. The number of rotatable bonds is 3. The third-order valence-corrected chi connectivity index (χ3v) is 6.03. The molecule has 7 heteroatoms. The number of anilines is 1. The van der Waals surface area contributed by atoms with Gasteiger partial charge in [0.25, 0.3) is 0 Å². The monoisotopic (exact) mass is 314 g/mol. The molecule has 116 valence electrons. The molecule has 1 aromatic carbocycles. The maximum absolute atomic E-state index is 13.0.